The lowest BCUT2D eigenvalue weighted by molar-refractivity contribution is -0.137. The fourth-order valence-electron chi connectivity index (χ4n) is 3.52. The molecule has 38 heavy (non-hydrogen) atoms. The van der Waals surface area contributed by atoms with E-state index in [1.165, 1.54) is 18.2 Å². The summed E-state index contributed by atoms with van der Waals surface area (Å²) in [6.07, 6.45) is -5.06. The number of aryl methyl sites for hydroxylation is 1. The minimum absolute atomic E-state index is 0.0348. The van der Waals surface area contributed by atoms with Gasteiger partial charge in [-0.3, -0.25) is 4.79 Å². The van der Waals surface area contributed by atoms with Gasteiger partial charge in [-0.05, 0) is 49.4 Å². The molecule has 2 amide bonds. The maximum absolute atomic E-state index is 14.0. The van der Waals surface area contributed by atoms with Gasteiger partial charge >= 0.3 is 17.9 Å². The second-order valence-corrected chi connectivity index (χ2v) is 11.4. The number of thiophene rings is 1. The number of halogens is 4. The molecule has 4 rings (SSSR count). The van der Waals surface area contributed by atoms with Crippen LogP contribution in [0.25, 0.3) is 16.6 Å². The molecule has 10 nitrogen and oxygen atoms in total. The zero-order valence-corrected chi connectivity index (χ0v) is 21.7. The van der Waals surface area contributed by atoms with E-state index in [0.717, 1.165) is 29.5 Å². The van der Waals surface area contributed by atoms with Crippen molar-refractivity contribution in [2.75, 3.05) is 17.7 Å². The third kappa shape index (κ3) is 5.25. The van der Waals surface area contributed by atoms with Crippen LogP contribution in [-0.2, 0) is 16.2 Å². The number of rotatable bonds is 5. The molecule has 2 heterocycles. The lowest BCUT2D eigenvalue weighted by atomic mass is 10.1. The van der Waals surface area contributed by atoms with Crippen molar-refractivity contribution in [1.82, 2.24) is 14.3 Å². The molecular formula is C22H17ClF3N5O5S2. The lowest BCUT2D eigenvalue weighted by Gasteiger charge is -2.16. The number of fused-ring (bicyclic) bond motifs is 1. The number of anilines is 2. The number of urea groups is 1. The van der Waals surface area contributed by atoms with Gasteiger partial charge in [-0.2, -0.15) is 13.2 Å². The number of nitrogens with zero attached hydrogens (tertiary/aromatic N) is 1. The summed E-state index contributed by atoms with van der Waals surface area (Å²) in [5.74, 6) is 0. The van der Waals surface area contributed by atoms with Gasteiger partial charge in [-0.25, -0.2) is 27.3 Å². The van der Waals surface area contributed by atoms with Crippen LogP contribution < -0.4 is 26.6 Å². The monoisotopic (exact) mass is 587 g/mol. The van der Waals surface area contributed by atoms with Crippen LogP contribution in [0.1, 0.15) is 10.4 Å². The van der Waals surface area contributed by atoms with Crippen LogP contribution >= 0.6 is 22.9 Å². The number of alkyl halides is 3. The summed E-state index contributed by atoms with van der Waals surface area (Å²) < 4.78 is 68.5. The van der Waals surface area contributed by atoms with Crippen LogP contribution in [-0.4, -0.2) is 31.0 Å². The highest BCUT2D eigenvalue weighted by atomic mass is 35.5. The van der Waals surface area contributed by atoms with Crippen molar-refractivity contribution < 1.29 is 26.4 Å². The maximum Gasteiger partial charge on any atom is 0.418 e. The van der Waals surface area contributed by atoms with Crippen LogP contribution in [0.15, 0.2) is 56.3 Å². The molecule has 0 saturated carbocycles. The minimum atomic E-state index is -5.06. The molecule has 0 aliphatic carbocycles. The number of nitrogens with one attached hydrogen (secondary N) is 4. The third-order valence-electron chi connectivity index (χ3n) is 5.31. The van der Waals surface area contributed by atoms with Crippen molar-refractivity contribution >= 4 is 61.3 Å². The summed E-state index contributed by atoms with van der Waals surface area (Å²) in [5.41, 5.74) is -4.08. The largest absolute Gasteiger partial charge is 0.418 e. The minimum Gasteiger partial charge on any atom is -0.388 e. The molecule has 4 aromatic rings. The van der Waals surface area contributed by atoms with Gasteiger partial charge in [0.25, 0.3) is 15.6 Å². The molecule has 0 radical (unpaired) electrons. The highest BCUT2D eigenvalue weighted by Gasteiger charge is 2.35. The molecule has 0 fully saturated rings. The first kappa shape index (κ1) is 27.2. The molecule has 0 bridgehead atoms. The number of hydrogen-bond acceptors (Lipinski definition) is 7. The van der Waals surface area contributed by atoms with E-state index >= 15 is 0 Å². The van der Waals surface area contributed by atoms with E-state index in [-0.39, 0.29) is 20.1 Å². The van der Waals surface area contributed by atoms with Crippen LogP contribution in [0, 0.1) is 6.92 Å². The Morgan fingerprint density at radius 2 is 1.76 bits per heavy atom. The summed E-state index contributed by atoms with van der Waals surface area (Å²) in [7, 11) is -2.74. The fraction of sp³-hybridized carbons (Fsp3) is 0.136. The van der Waals surface area contributed by atoms with Crippen LogP contribution in [0.5, 0.6) is 0 Å². The van der Waals surface area contributed by atoms with E-state index in [1.54, 1.807) is 18.7 Å². The molecule has 0 aliphatic rings. The summed E-state index contributed by atoms with van der Waals surface area (Å²) in [6, 6.07) is 6.41. The topological polar surface area (TPSA) is 142 Å². The van der Waals surface area contributed by atoms with Gasteiger partial charge in [-0.15, -0.1) is 11.3 Å². The van der Waals surface area contributed by atoms with Crippen LogP contribution in [0.3, 0.4) is 0 Å². The Hall–Kier alpha value is -3.82. The summed E-state index contributed by atoms with van der Waals surface area (Å²) >= 11 is 6.66. The first-order valence-electron chi connectivity index (χ1n) is 10.5. The second kappa shape index (κ2) is 9.81. The average Bonchev–Trinajstić information content (AvgIpc) is 3.17. The molecule has 0 aliphatic heterocycles. The van der Waals surface area contributed by atoms with Gasteiger partial charge in [0, 0.05) is 23.3 Å². The molecule has 4 N–H and O–H groups in total. The highest BCUT2D eigenvalue weighted by molar-refractivity contribution is 7.92. The van der Waals surface area contributed by atoms with E-state index in [1.807, 2.05) is 5.32 Å². The fourth-order valence-corrected chi connectivity index (χ4v) is 6.12. The van der Waals surface area contributed by atoms with Crippen molar-refractivity contribution in [3.05, 3.63) is 78.8 Å². The van der Waals surface area contributed by atoms with Crippen molar-refractivity contribution in [2.45, 2.75) is 17.3 Å². The zero-order chi connectivity index (χ0) is 28.0. The molecule has 0 atom stereocenters. The number of carbonyl (C=O) groups excluding carboxylic acids is 1. The number of amides is 2. The van der Waals surface area contributed by atoms with Crippen molar-refractivity contribution in [3.8, 4) is 5.69 Å². The molecular weight excluding hydrogens is 571 g/mol. The predicted octanol–water partition coefficient (Wildman–Crippen LogP) is 4.27. The lowest BCUT2D eigenvalue weighted by Crippen LogP contribution is -2.35. The summed E-state index contributed by atoms with van der Waals surface area (Å²) in [4.78, 5) is 40.9. The van der Waals surface area contributed by atoms with Gasteiger partial charge in [0.15, 0.2) is 0 Å². The Balaban J connectivity index is 1.72. The summed E-state index contributed by atoms with van der Waals surface area (Å²) in [6.45, 7) is 1.57. The Morgan fingerprint density at radius 3 is 2.37 bits per heavy atom. The third-order valence-corrected chi connectivity index (χ3v) is 8.67. The average molecular weight is 588 g/mol. The smallest absolute Gasteiger partial charge is 0.388 e. The molecule has 16 heteroatoms. The first-order valence-corrected chi connectivity index (χ1v) is 13.2. The van der Waals surface area contributed by atoms with Crippen molar-refractivity contribution in [1.29, 1.82) is 0 Å². The Kier molecular flexibility index (Phi) is 7.03. The van der Waals surface area contributed by atoms with E-state index in [4.69, 9.17) is 11.6 Å². The Morgan fingerprint density at radius 1 is 1.08 bits per heavy atom. The van der Waals surface area contributed by atoms with Gasteiger partial charge in [0.05, 0.1) is 27.2 Å². The Bertz CT molecular complexity index is 1790. The SMILES string of the molecule is CNc1ccc2c(=O)n(-c3ccc(NC(=O)NS(=O)(=O)c4cc(Cl)c(C)s4)cc3C(F)(F)F)c(=O)[nH]c2c1. The number of carbonyl (C=O) groups is 1. The van der Waals surface area contributed by atoms with Crippen LogP contribution in [0.2, 0.25) is 5.02 Å². The van der Waals surface area contributed by atoms with Crippen molar-refractivity contribution in [3.63, 3.8) is 0 Å². The van der Waals surface area contributed by atoms with E-state index < -0.39 is 50.4 Å². The summed E-state index contributed by atoms with van der Waals surface area (Å²) in [5, 5.41) is 4.97. The van der Waals surface area contributed by atoms with Gasteiger partial charge < -0.3 is 15.6 Å². The van der Waals surface area contributed by atoms with Crippen molar-refractivity contribution in [2.24, 2.45) is 0 Å². The molecule has 0 unspecified atom stereocenters. The molecule has 0 saturated heterocycles. The highest BCUT2D eigenvalue weighted by Crippen LogP contribution is 2.35. The Labute approximate surface area is 221 Å². The van der Waals surface area contributed by atoms with E-state index in [0.29, 0.717) is 21.2 Å². The van der Waals surface area contributed by atoms with E-state index in [2.05, 4.69) is 10.3 Å². The predicted molar refractivity (Wildman–Crippen MR) is 138 cm³/mol. The van der Waals surface area contributed by atoms with Gasteiger partial charge in [0.2, 0.25) is 0 Å². The number of hydrogen-bond donors (Lipinski definition) is 4. The number of aromatic nitrogens is 2. The number of H-pyrrole nitrogens is 1. The number of benzene rings is 2. The molecule has 0 spiro atoms. The van der Waals surface area contributed by atoms with Gasteiger partial charge in [-0.1, -0.05) is 11.6 Å². The van der Waals surface area contributed by atoms with Gasteiger partial charge in [0.1, 0.15) is 4.21 Å². The van der Waals surface area contributed by atoms with Crippen LogP contribution in [0.4, 0.5) is 29.3 Å². The molecule has 2 aromatic carbocycles. The standard InChI is InChI=1S/C22H17ClF3N5O5S2/c1-10-15(23)9-18(37-10)38(35,36)30-20(33)28-12-4-6-17(14(7-12)22(24,25)26)31-19(32)13-5-3-11(27-2)8-16(13)29-21(31)34/h3-9,27H,1-2H3,(H,29,34)(H2,28,30,33). The van der Waals surface area contributed by atoms with E-state index in [9.17, 15) is 36.0 Å². The second-order valence-electron chi connectivity index (χ2n) is 7.84. The number of sulfonamides is 1. The normalized spacial score (nSPS) is 11.9. The first-order chi connectivity index (χ1) is 17.7. The molecule has 2 aromatic heterocycles. The quantitative estimate of drug-likeness (QED) is 0.275. The number of aromatic amines is 1. The molecule has 200 valence electrons. The maximum atomic E-state index is 14.0. The zero-order valence-electron chi connectivity index (χ0n) is 19.4.